The van der Waals surface area contributed by atoms with Crippen LogP contribution in [0.5, 0.6) is 0 Å². The van der Waals surface area contributed by atoms with Gasteiger partial charge >= 0.3 is 0 Å². The first kappa shape index (κ1) is 23.9. The number of benzene rings is 2. The molecule has 35 heavy (non-hydrogen) atoms. The molecule has 2 saturated heterocycles. The van der Waals surface area contributed by atoms with Crippen LogP contribution in [-0.2, 0) is 14.8 Å². The fraction of sp³-hybridized carbons (Fsp3) is 0.444. The number of rotatable bonds is 6. The highest BCUT2D eigenvalue weighted by Crippen LogP contribution is 2.29. The normalized spacial score (nSPS) is 18.7. The number of hydrogen-bond acceptors (Lipinski definition) is 4. The maximum atomic E-state index is 13.5. The van der Waals surface area contributed by atoms with Crippen LogP contribution in [0, 0.1) is 0 Å². The molecule has 0 N–H and O–H groups in total. The van der Waals surface area contributed by atoms with Crippen LogP contribution < -0.4 is 4.90 Å². The zero-order valence-corrected chi connectivity index (χ0v) is 21.2. The smallest absolute Gasteiger partial charge is 0.245 e. The third-order valence-corrected chi connectivity index (χ3v) is 9.26. The Morgan fingerprint density at radius 1 is 0.886 bits per heavy atom. The molecule has 7 nitrogen and oxygen atoms in total. The number of sulfonamides is 1. The minimum atomic E-state index is -3.49. The van der Waals surface area contributed by atoms with E-state index >= 15 is 0 Å². The van der Waals surface area contributed by atoms with Crippen LogP contribution in [0.1, 0.15) is 38.6 Å². The first-order valence-corrected chi connectivity index (χ1v) is 14.1. The molecule has 2 aromatic carbocycles. The quantitative estimate of drug-likeness (QED) is 0.517. The van der Waals surface area contributed by atoms with Gasteiger partial charge in [0.15, 0.2) is 0 Å². The Labute approximate surface area is 208 Å². The fourth-order valence-electron chi connectivity index (χ4n) is 5.35. The summed E-state index contributed by atoms with van der Waals surface area (Å²) in [6, 6.07) is 17.2. The Balaban J connectivity index is 1.33. The van der Waals surface area contributed by atoms with Crippen molar-refractivity contribution >= 4 is 32.5 Å². The molecule has 5 rings (SSSR count). The molecule has 0 spiro atoms. The van der Waals surface area contributed by atoms with E-state index in [4.69, 9.17) is 0 Å². The minimum Gasteiger partial charge on any atom is -0.368 e. The Morgan fingerprint density at radius 3 is 2.29 bits per heavy atom. The number of piperazine rings is 1. The van der Waals surface area contributed by atoms with E-state index in [1.807, 2.05) is 52.9 Å². The number of para-hydroxylation sites is 1. The number of amides is 1. The molecule has 1 atom stereocenters. The third-order valence-electron chi connectivity index (χ3n) is 7.36. The van der Waals surface area contributed by atoms with Crippen molar-refractivity contribution in [1.29, 1.82) is 0 Å². The van der Waals surface area contributed by atoms with Crippen LogP contribution in [0.2, 0.25) is 0 Å². The molecule has 0 saturated carbocycles. The van der Waals surface area contributed by atoms with E-state index in [1.54, 1.807) is 16.4 Å². The van der Waals surface area contributed by atoms with Crippen molar-refractivity contribution in [2.75, 3.05) is 44.2 Å². The van der Waals surface area contributed by atoms with Gasteiger partial charge in [-0.3, -0.25) is 4.79 Å². The molecule has 3 aromatic rings. The molecule has 3 heterocycles. The van der Waals surface area contributed by atoms with Crippen LogP contribution in [0.25, 0.3) is 10.9 Å². The van der Waals surface area contributed by atoms with Crippen LogP contribution in [-0.4, -0.2) is 67.4 Å². The highest BCUT2D eigenvalue weighted by Gasteiger charge is 2.29. The summed E-state index contributed by atoms with van der Waals surface area (Å²) in [6.07, 6.45) is 5.51. The number of aromatic nitrogens is 1. The van der Waals surface area contributed by atoms with Crippen molar-refractivity contribution in [2.45, 2.75) is 43.5 Å². The number of hydrogen-bond donors (Lipinski definition) is 0. The van der Waals surface area contributed by atoms with E-state index in [0.717, 1.165) is 43.3 Å². The summed E-state index contributed by atoms with van der Waals surface area (Å²) >= 11 is 0. The van der Waals surface area contributed by atoms with E-state index in [9.17, 15) is 13.2 Å². The van der Waals surface area contributed by atoms with E-state index in [-0.39, 0.29) is 11.9 Å². The summed E-state index contributed by atoms with van der Waals surface area (Å²) in [5, 5.41) is 0.850. The number of nitrogens with zero attached hydrogens (tertiary/aromatic N) is 4. The zero-order chi connectivity index (χ0) is 24.4. The maximum Gasteiger partial charge on any atom is 0.245 e. The second kappa shape index (κ2) is 10.0. The van der Waals surface area contributed by atoms with Crippen LogP contribution in [0.4, 0.5) is 5.69 Å². The second-order valence-corrected chi connectivity index (χ2v) is 11.4. The Kier molecular flexibility index (Phi) is 6.84. The molecule has 186 valence electrons. The molecule has 0 radical (unpaired) electrons. The van der Waals surface area contributed by atoms with Gasteiger partial charge in [-0.25, -0.2) is 8.42 Å². The Hall–Kier alpha value is -2.84. The van der Waals surface area contributed by atoms with Gasteiger partial charge in [-0.1, -0.05) is 31.5 Å². The fourth-order valence-corrected chi connectivity index (χ4v) is 6.91. The SMILES string of the molecule is CC[C@@H](C(=O)N1CCN(c2ccccc2)CC1)n1ccc2cc(S(=O)(=O)N3CCCCC3)ccc21. The van der Waals surface area contributed by atoms with E-state index in [1.165, 1.54) is 5.69 Å². The van der Waals surface area contributed by atoms with Crippen molar-refractivity contribution < 1.29 is 13.2 Å². The molecule has 0 aliphatic carbocycles. The lowest BCUT2D eigenvalue weighted by atomic mass is 10.1. The van der Waals surface area contributed by atoms with Crippen molar-refractivity contribution in [3.8, 4) is 0 Å². The van der Waals surface area contributed by atoms with Gasteiger partial charge in [-0.2, -0.15) is 4.31 Å². The zero-order valence-electron chi connectivity index (χ0n) is 20.3. The van der Waals surface area contributed by atoms with Crippen molar-refractivity contribution in [2.24, 2.45) is 0 Å². The number of piperidine rings is 1. The number of carbonyl (C=O) groups is 1. The molecular formula is C27H34N4O3S. The molecule has 0 unspecified atom stereocenters. The molecule has 2 aliphatic heterocycles. The number of anilines is 1. The highest BCUT2D eigenvalue weighted by molar-refractivity contribution is 7.89. The van der Waals surface area contributed by atoms with Crippen molar-refractivity contribution in [1.82, 2.24) is 13.8 Å². The molecule has 2 fully saturated rings. The molecular weight excluding hydrogens is 460 g/mol. The van der Waals surface area contributed by atoms with Gasteiger partial charge in [0.2, 0.25) is 15.9 Å². The Bertz CT molecular complexity index is 1270. The minimum absolute atomic E-state index is 0.128. The largest absolute Gasteiger partial charge is 0.368 e. The first-order chi connectivity index (χ1) is 17.0. The van der Waals surface area contributed by atoms with Gasteiger partial charge in [0, 0.05) is 62.1 Å². The van der Waals surface area contributed by atoms with E-state index in [0.29, 0.717) is 37.5 Å². The topological polar surface area (TPSA) is 65.9 Å². The van der Waals surface area contributed by atoms with Gasteiger partial charge < -0.3 is 14.4 Å². The predicted octanol–water partition coefficient (Wildman–Crippen LogP) is 4.12. The van der Waals surface area contributed by atoms with Gasteiger partial charge in [0.25, 0.3) is 0 Å². The second-order valence-electron chi connectivity index (χ2n) is 9.48. The van der Waals surface area contributed by atoms with E-state index < -0.39 is 10.0 Å². The lowest BCUT2D eigenvalue weighted by Crippen LogP contribution is -2.50. The van der Waals surface area contributed by atoms with Crippen molar-refractivity contribution in [3.05, 3.63) is 60.8 Å². The molecule has 1 aromatic heterocycles. The standard InChI is InChI=1S/C27H34N4O3S/c1-2-25(27(32)29-19-17-28(18-20-29)23-9-5-3-6-10-23)31-16-13-22-21-24(11-12-26(22)31)35(33,34)30-14-7-4-8-15-30/h3,5-6,9-13,16,21,25H,2,4,7-8,14-15,17-20H2,1H3/t25-/m0/s1. The highest BCUT2D eigenvalue weighted by atomic mass is 32.2. The van der Waals surface area contributed by atoms with Gasteiger partial charge in [-0.05, 0) is 55.7 Å². The van der Waals surface area contributed by atoms with Crippen LogP contribution in [0.3, 0.4) is 0 Å². The van der Waals surface area contributed by atoms with Gasteiger partial charge in [0.1, 0.15) is 6.04 Å². The predicted molar refractivity (Wildman–Crippen MR) is 139 cm³/mol. The maximum absolute atomic E-state index is 13.5. The molecule has 2 aliphatic rings. The first-order valence-electron chi connectivity index (χ1n) is 12.7. The summed E-state index contributed by atoms with van der Waals surface area (Å²) in [7, 11) is -3.49. The third kappa shape index (κ3) is 4.69. The molecule has 1 amide bonds. The summed E-state index contributed by atoms with van der Waals surface area (Å²) < 4.78 is 29.9. The Morgan fingerprint density at radius 2 is 1.60 bits per heavy atom. The summed E-state index contributed by atoms with van der Waals surface area (Å²) in [5.74, 6) is 0.128. The summed E-state index contributed by atoms with van der Waals surface area (Å²) in [5.41, 5.74) is 2.09. The summed E-state index contributed by atoms with van der Waals surface area (Å²) in [6.45, 7) is 6.23. The average Bonchev–Trinajstić information content (AvgIpc) is 3.33. The van der Waals surface area contributed by atoms with Crippen LogP contribution >= 0.6 is 0 Å². The number of carbonyl (C=O) groups excluding carboxylic acids is 1. The average molecular weight is 495 g/mol. The lowest BCUT2D eigenvalue weighted by Gasteiger charge is -2.37. The molecule has 8 heteroatoms. The van der Waals surface area contributed by atoms with Gasteiger partial charge in [0.05, 0.1) is 4.90 Å². The molecule has 0 bridgehead atoms. The lowest BCUT2D eigenvalue weighted by molar-refractivity contribution is -0.135. The van der Waals surface area contributed by atoms with Crippen molar-refractivity contribution in [3.63, 3.8) is 0 Å². The van der Waals surface area contributed by atoms with Gasteiger partial charge in [-0.15, -0.1) is 0 Å². The monoisotopic (exact) mass is 494 g/mol. The van der Waals surface area contributed by atoms with E-state index in [2.05, 4.69) is 17.0 Å². The summed E-state index contributed by atoms with van der Waals surface area (Å²) in [4.78, 5) is 18.2. The van der Waals surface area contributed by atoms with Crippen LogP contribution in [0.15, 0.2) is 65.7 Å². The number of fused-ring (bicyclic) bond motifs is 1.